The molecule has 0 fully saturated rings. The van der Waals surface area contributed by atoms with E-state index < -0.39 is 0 Å². The Morgan fingerprint density at radius 2 is 2.11 bits per heavy atom. The van der Waals surface area contributed by atoms with Gasteiger partial charge in [-0.05, 0) is 23.6 Å². The highest BCUT2D eigenvalue weighted by molar-refractivity contribution is 7.09. The number of rotatable bonds is 4. The van der Waals surface area contributed by atoms with E-state index >= 15 is 0 Å². The van der Waals surface area contributed by atoms with Gasteiger partial charge in [-0.25, -0.2) is 0 Å². The van der Waals surface area contributed by atoms with Crippen LogP contribution in [0.1, 0.15) is 4.88 Å². The van der Waals surface area contributed by atoms with Crippen LogP contribution >= 0.6 is 11.3 Å². The molecule has 0 aliphatic rings. The Morgan fingerprint density at radius 3 is 2.83 bits per heavy atom. The number of ether oxygens (including phenoxy) is 1. The number of aliphatic hydroxyl groups excluding tert-OH is 1. The zero-order valence-corrected chi connectivity index (χ0v) is 10.3. The molecule has 90 valence electrons. The van der Waals surface area contributed by atoms with Gasteiger partial charge in [-0.3, -0.25) is 0 Å². The summed E-state index contributed by atoms with van der Waals surface area (Å²) < 4.78 is 5.04. The maximum atomic E-state index is 9.36. The van der Waals surface area contributed by atoms with Gasteiger partial charge >= 0.3 is 11.8 Å². The molecule has 1 aromatic heterocycles. The van der Waals surface area contributed by atoms with E-state index in [0.29, 0.717) is 12.3 Å². The summed E-state index contributed by atoms with van der Waals surface area (Å²) in [5.74, 6) is 1.93. The molecule has 0 saturated heterocycles. The van der Waals surface area contributed by atoms with Gasteiger partial charge in [-0.2, -0.15) is 0 Å². The number of hydrogen-bond acceptors (Lipinski definition) is 4. The average molecular weight is 259 g/mol. The molecule has 4 nitrogen and oxygen atoms in total. The Morgan fingerprint density at radius 1 is 1.28 bits per heavy atom. The lowest BCUT2D eigenvalue weighted by atomic mass is 10.3. The second kappa shape index (κ2) is 6.42. The van der Waals surface area contributed by atoms with Gasteiger partial charge in [0.15, 0.2) is 0 Å². The third kappa shape index (κ3) is 3.92. The lowest BCUT2D eigenvalue weighted by molar-refractivity contribution is -0.0720. The fraction of sp³-hybridized carbons (Fsp3) is 0.0769. The number of nitrogens with zero attached hydrogens (tertiary/aromatic N) is 2. The van der Waals surface area contributed by atoms with Crippen molar-refractivity contribution in [3.63, 3.8) is 0 Å². The van der Waals surface area contributed by atoms with Crippen LogP contribution in [0.15, 0.2) is 58.9 Å². The summed E-state index contributed by atoms with van der Waals surface area (Å²) in [6, 6.07) is 13.0. The summed E-state index contributed by atoms with van der Waals surface area (Å²) in [6.45, 7) is 0.303. The fourth-order valence-corrected chi connectivity index (χ4v) is 1.80. The average Bonchev–Trinajstić information content (AvgIpc) is 2.91. The largest absolute Gasteiger partial charge is 0.470 e. The third-order valence-corrected chi connectivity index (χ3v) is 2.85. The number of aliphatic hydroxyl groups is 1. The van der Waals surface area contributed by atoms with Crippen LogP contribution in [0, 0.1) is 0 Å². The van der Waals surface area contributed by atoms with Crippen molar-refractivity contribution in [2.24, 2.45) is 5.11 Å². The van der Waals surface area contributed by atoms with Crippen LogP contribution in [0.2, 0.25) is 0 Å². The molecule has 0 radical (unpaired) electrons. The van der Waals surface area contributed by atoms with Crippen molar-refractivity contribution >= 4 is 22.9 Å². The van der Waals surface area contributed by atoms with Crippen LogP contribution in [0.3, 0.4) is 0 Å². The van der Waals surface area contributed by atoms with Crippen molar-refractivity contribution in [2.45, 2.75) is 6.61 Å². The van der Waals surface area contributed by atoms with Gasteiger partial charge in [0, 0.05) is 4.88 Å². The first-order valence-corrected chi connectivity index (χ1v) is 6.15. The summed E-state index contributed by atoms with van der Waals surface area (Å²) in [7, 11) is 0. The van der Waals surface area contributed by atoms with Gasteiger partial charge in [-0.1, -0.05) is 24.3 Å². The Labute approximate surface area is 108 Å². The van der Waals surface area contributed by atoms with Crippen LogP contribution in [0.25, 0.3) is 0 Å². The second-order valence-corrected chi connectivity index (χ2v) is 4.35. The predicted octanol–water partition coefficient (Wildman–Crippen LogP) is 3.33. The SMILES string of the molecule is OC(=C=[N+]=Nc1ccccc1)OCc1cccs1. The van der Waals surface area contributed by atoms with Crippen LogP contribution in [-0.2, 0) is 11.3 Å². The molecular formula is C13H11N2O2S+. The van der Waals surface area contributed by atoms with Crippen molar-refractivity contribution < 1.29 is 14.6 Å². The zero-order valence-electron chi connectivity index (χ0n) is 9.48. The van der Waals surface area contributed by atoms with Crippen LogP contribution in [0.5, 0.6) is 0 Å². The molecule has 1 aromatic carbocycles. The normalized spacial score (nSPS) is 9.11. The number of thiophene rings is 1. The van der Waals surface area contributed by atoms with Gasteiger partial charge in [0.1, 0.15) is 22.2 Å². The van der Waals surface area contributed by atoms with Crippen molar-refractivity contribution in [2.75, 3.05) is 0 Å². The molecule has 0 saturated carbocycles. The molecular weight excluding hydrogens is 248 g/mol. The molecule has 0 amide bonds. The minimum absolute atomic E-state index is 0.303. The van der Waals surface area contributed by atoms with Crippen molar-refractivity contribution in [1.29, 1.82) is 0 Å². The molecule has 0 bridgehead atoms. The maximum absolute atomic E-state index is 9.36. The van der Waals surface area contributed by atoms with E-state index in [2.05, 4.69) is 15.8 Å². The van der Waals surface area contributed by atoms with Gasteiger partial charge in [0.2, 0.25) is 0 Å². The molecule has 2 aromatic rings. The van der Waals surface area contributed by atoms with Crippen molar-refractivity contribution in [3.8, 4) is 0 Å². The number of benzene rings is 1. The van der Waals surface area contributed by atoms with E-state index in [-0.39, 0.29) is 5.95 Å². The van der Waals surface area contributed by atoms with Crippen molar-refractivity contribution in [3.05, 3.63) is 58.7 Å². The predicted molar refractivity (Wildman–Crippen MR) is 69.0 cm³/mol. The van der Waals surface area contributed by atoms with E-state index in [4.69, 9.17) is 4.74 Å². The highest BCUT2D eigenvalue weighted by Crippen LogP contribution is 2.10. The van der Waals surface area contributed by atoms with Crippen LogP contribution in [0.4, 0.5) is 5.69 Å². The third-order valence-electron chi connectivity index (χ3n) is 2.00. The molecule has 0 spiro atoms. The highest BCUT2D eigenvalue weighted by atomic mass is 32.1. The lowest BCUT2D eigenvalue weighted by Crippen LogP contribution is -1.91. The van der Waals surface area contributed by atoms with Crippen molar-refractivity contribution in [1.82, 2.24) is 0 Å². The highest BCUT2D eigenvalue weighted by Gasteiger charge is 2.00. The topological polar surface area (TPSA) is 55.9 Å². The lowest BCUT2D eigenvalue weighted by Gasteiger charge is -1.95. The minimum atomic E-state index is -0.372. The molecule has 0 aliphatic heterocycles. The summed E-state index contributed by atoms with van der Waals surface area (Å²) in [4.78, 5) is 4.62. The minimum Gasteiger partial charge on any atom is -0.470 e. The van der Waals surface area contributed by atoms with E-state index in [9.17, 15) is 5.11 Å². The van der Waals surface area contributed by atoms with Gasteiger partial charge in [0.05, 0.1) is 0 Å². The molecule has 2 rings (SSSR count). The van der Waals surface area contributed by atoms with Gasteiger partial charge < -0.3 is 9.84 Å². The molecule has 5 heteroatoms. The first-order chi connectivity index (χ1) is 8.84. The Hall–Kier alpha value is -2.32. The smallest absolute Gasteiger partial charge is 0.441 e. The summed E-state index contributed by atoms with van der Waals surface area (Å²) in [6.07, 6.45) is 0. The first-order valence-electron chi connectivity index (χ1n) is 5.27. The van der Waals surface area contributed by atoms with E-state index in [1.165, 1.54) is 0 Å². The van der Waals surface area contributed by atoms with Gasteiger partial charge in [-0.15, -0.1) is 11.3 Å². The molecule has 18 heavy (non-hydrogen) atoms. The summed E-state index contributed by atoms with van der Waals surface area (Å²) in [5, 5.41) is 15.1. The maximum Gasteiger partial charge on any atom is 0.441 e. The quantitative estimate of drug-likeness (QED) is 0.396. The van der Waals surface area contributed by atoms with Gasteiger partial charge in [0.25, 0.3) is 0 Å². The molecule has 1 heterocycles. The first kappa shape index (κ1) is 12.1. The molecule has 0 atom stereocenters. The Kier molecular flexibility index (Phi) is 4.33. The van der Waals surface area contributed by atoms with Crippen LogP contribution in [-0.4, -0.2) is 15.8 Å². The van der Waals surface area contributed by atoms with E-state index in [1.54, 1.807) is 23.5 Å². The summed E-state index contributed by atoms with van der Waals surface area (Å²) in [5.41, 5.74) is 0.691. The standard InChI is InChI=1S/C13H10N2O2S/c16-13(17-10-12-7-4-8-18-12)9-14-15-11-5-2-1-3-6-11/h1-8H,10H2/p+1. The molecule has 0 aliphatic carbocycles. The molecule has 1 N–H and O–H groups in total. The second-order valence-electron chi connectivity index (χ2n) is 3.32. The Bertz CT molecular complexity index is 581. The molecule has 0 unspecified atom stereocenters. The number of hydrogen-bond donors (Lipinski definition) is 1. The Balaban J connectivity index is 1.97. The van der Waals surface area contributed by atoms with Crippen LogP contribution < -0.4 is 0 Å². The fourth-order valence-electron chi connectivity index (χ4n) is 1.19. The summed E-state index contributed by atoms with van der Waals surface area (Å²) >= 11 is 1.55. The van der Waals surface area contributed by atoms with E-state index in [0.717, 1.165) is 4.88 Å². The monoisotopic (exact) mass is 259 g/mol. The van der Waals surface area contributed by atoms with E-state index in [1.807, 2.05) is 35.7 Å². The zero-order chi connectivity index (χ0) is 12.6.